The Hall–Kier alpha value is -0.130. The van der Waals surface area contributed by atoms with Gasteiger partial charge in [-0.25, -0.2) is 0 Å². The maximum absolute atomic E-state index is 11.9. The number of hydrogen-bond acceptors (Lipinski definition) is 3. The Morgan fingerprint density at radius 2 is 2.31 bits per heavy atom. The zero-order chi connectivity index (χ0) is 11.5. The van der Waals surface area contributed by atoms with E-state index < -0.39 is 0 Å². The van der Waals surface area contributed by atoms with Gasteiger partial charge in [-0.2, -0.15) is 0 Å². The standard InChI is InChI=1S/C11H19BrN2O2/c1-13-5-6-16-9(7-13)8-14-4-2-3-10(12)11(14)15/h9-10H,2-8H2,1H3. The number of rotatable bonds is 2. The van der Waals surface area contributed by atoms with Gasteiger partial charge >= 0.3 is 0 Å². The van der Waals surface area contributed by atoms with Crippen molar-refractivity contribution in [1.29, 1.82) is 0 Å². The third kappa shape index (κ3) is 2.96. The first kappa shape index (κ1) is 12.3. The Kier molecular flexibility index (Phi) is 4.21. The van der Waals surface area contributed by atoms with Crippen molar-refractivity contribution in [1.82, 2.24) is 9.80 Å². The molecule has 2 unspecified atom stereocenters. The average molecular weight is 291 g/mol. The lowest BCUT2D eigenvalue weighted by Crippen LogP contribution is -2.50. The molecule has 0 aromatic heterocycles. The number of morpholine rings is 1. The highest BCUT2D eigenvalue weighted by atomic mass is 79.9. The Morgan fingerprint density at radius 1 is 1.50 bits per heavy atom. The number of carbonyl (C=O) groups is 1. The van der Waals surface area contributed by atoms with E-state index in [0.29, 0.717) is 0 Å². The first-order chi connectivity index (χ1) is 7.66. The zero-order valence-corrected chi connectivity index (χ0v) is 11.3. The van der Waals surface area contributed by atoms with Gasteiger partial charge in [0.2, 0.25) is 5.91 Å². The molecule has 0 bridgehead atoms. The quantitative estimate of drug-likeness (QED) is 0.702. The second kappa shape index (κ2) is 5.47. The minimum absolute atomic E-state index is 0.0163. The van der Waals surface area contributed by atoms with Crippen LogP contribution in [0.5, 0.6) is 0 Å². The summed E-state index contributed by atoms with van der Waals surface area (Å²) in [4.78, 5) is 16.1. The maximum atomic E-state index is 11.9. The van der Waals surface area contributed by atoms with Crippen LogP contribution in [0.1, 0.15) is 12.8 Å². The molecule has 0 aliphatic carbocycles. The van der Waals surface area contributed by atoms with Crippen molar-refractivity contribution < 1.29 is 9.53 Å². The van der Waals surface area contributed by atoms with E-state index in [1.165, 1.54) is 0 Å². The number of ether oxygens (including phenoxy) is 1. The first-order valence-electron chi connectivity index (χ1n) is 5.90. The molecule has 4 nitrogen and oxygen atoms in total. The van der Waals surface area contributed by atoms with E-state index in [1.807, 2.05) is 4.90 Å². The van der Waals surface area contributed by atoms with Crippen molar-refractivity contribution in [3.63, 3.8) is 0 Å². The van der Waals surface area contributed by atoms with Crippen molar-refractivity contribution in [3.05, 3.63) is 0 Å². The number of carbonyl (C=O) groups excluding carboxylic acids is 1. The fourth-order valence-corrected chi connectivity index (χ4v) is 2.91. The summed E-state index contributed by atoms with van der Waals surface area (Å²) in [6.07, 6.45) is 2.23. The van der Waals surface area contributed by atoms with E-state index in [1.54, 1.807) is 0 Å². The van der Waals surface area contributed by atoms with E-state index in [4.69, 9.17) is 4.74 Å². The monoisotopic (exact) mass is 290 g/mol. The minimum atomic E-state index is 0.0163. The molecule has 2 saturated heterocycles. The van der Waals surface area contributed by atoms with Gasteiger partial charge in [-0.1, -0.05) is 15.9 Å². The molecule has 2 atom stereocenters. The summed E-state index contributed by atoms with van der Waals surface area (Å²) in [5, 5.41) is 0. The van der Waals surface area contributed by atoms with E-state index >= 15 is 0 Å². The summed E-state index contributed by atoms with van der Waals surface area (Å²) in [5.74, 6) is 0.225. The second-order valence-electron chi connectivity index (χ2n) is 4.65. The first-order valence-corrected chi connectivity index (χ1v) is 6.81. The van der Waals surface area contributed by atoms with Crippen LogP contribution in [0, 0.1) is 0 Å². The molecular weight excluding hydrogens is 272 g/mol. The van der Waals surface area contributed by atoms with Crippen LogP contribution in [-0.2, 0) is 9.53 Å². The largest absolute Gasteiger partial charge is 0.374 e. The third-order valence-electron chi connectivity index (χ3n) is 3.23. The normalized spacial score (nSPS) is 33.1. The summed E-state index contributed by atoms with van der Waals surface area (Å²) in [5.41, 5.74) is 0. The van der Waals surface area contributed by atoms with Gasteiger partial charge in [-0.3, -0.25) is 4.79 Å². The van der Waals surface area contributed by atoms with Gasteiger partial charge in [0.05, 0.1) is 17.5 Å². The highest BCUT2D eigenvalue weighted by molar-refractivity contribution is 9.10. The zero-order valence-electron chi connectivity index (χ0n) is 9.69. The fraction of sp³-hybridized carbons (Fsp3) is 0.909. The van der Waals surface area contributed by atoms with E-state index in [0.717, 1.165) is 45.6 Å². The number of nitrogens with zero attached hydrogens (tertiary/aromatic N) is 2. The van der Waals surface area contributed by atoms with Crippen LogP contribution in [0.3, 0.4) is 0 Å². The molecule has 92 valence electrons. The molecule has 0 N–H and O–H groups in total. The van der Waals surface area contributed by atoms with Gasteiger partial charge < -0.3 is 14.5 Å². The van der Waals surface area contributed by atoms with Crippen LogP contribution in [0.15, 0.2) is 0 Å². The fourth-order valence-electron chi connectivity index (χ4n) is 2.30. The third-order valence-corrected chi connectivity index (χ3v) is 4.08. The lowest BCUT2D eigenvalue weighted by Gasteiger charge is -2.36. The van der Waals surface area contributed by atoms with Crippen molar-refractivity contribution in [3.8, 4) is 0 Å². The van der Waals surface area contributed by atoms with Crippen molar-refractivity contribution in [2.75, 3.05) is 39.8 Å². The second-order valence-corrected chi connectivity index (χ2v) is 5.75. The lowest BCUT2D eigenvalue weighted by atomic mass is 10.1. The topological polar surface area (TPSA) is 32.8 Å². The predicted molar refractivity (Wildman–Crippen MR) is 65.8 cm³/mol. The van der Waals surface area contributed by atoms with Gasteiger partial charge in [0.1, 0.15) is 0 Å². The SMILES string of the molecule is CN1CCOC(CN2CCCC(Br)C2=O)C1. The van der Waals surface area contributed by atoms with Gasteiger partial charge in [0.15, 0.2) is 0 Å². The number of halogens is 1. The molecule has 1 amide bonds. The molecule has 2 fully saturated rings. The highest BCUT2D eigenvalue weighted by Crippen LogP contribution is 2.19. The summed E-state index contributed by atoms with van der Waals surface area (Å²) in [7, 11) is 2.10. The Labute approximate surface area is 105 Å². The number of amides is 1. The predicted octanol–water partition coefficient (Wildman–Crippen LogP) is 0.703. The molecule has 2 aliphatic rings. The van der Waals surface area contributed by atoms with Gasteiger partial charge in [0, 0.05) is 26.2 Å². The number of likely N-dealkylation sites (tertiary alicyclic amines) is 1. The highest BCUT2D eigenvalue weighted by Gasteiger charge is 2.29. The summed E-state index contributed by atoms with van der Waals surface area (Å²) >= 11 is 3.43. The van der Waals surface area contributed by atoms with Crippen molar-refractivity contribution in [2.24, 2.45) is 0 Å². The molecule has 0 radical (unpaired) electrons. The lowest BCUT2D eigenvalue weighted by molar-refractivity contribution is -0.135. The molecule has 5 heteroatoms. The van der Waals surface area contributed by atoms with Gasteiger partial charge in [-0.05, 0) is 19.9 Å². The number of hydrogen-bond donors (Lipinski definition) is 0. The van der Waals surface area contributed by atoms with Gasteiger partial charge in [0.25, 0.3) is 0 Å². The number of alkyl halides is 1. The Balaban J connectivity index is 1.86. The van der Waals surface area contributed by atoms with Crippen LogP contribution in [0.25, 0.3) is 0 Å². The summed E-state index contributed by atoms with van der Waals surface area (Å²) in [6.45, 7) is 4.32. The molecule has 2 rings (SSSR count). The molecular formula is C11H19BrN2O2. The van der Waals surface area contributed by atoms with Gasteiger partial charge in [-0.15, -0.1) is 0 Å². The van der Waals surface area contributed by atoms with Crippen molar-refractivity contribution >= 4 is 21.8 Å². The molecule has 2 aliphatic heterocycles. The Bertz CT molecular complexity index is 262. The van der Waals surface area contributed by atoms with E-state index in [9.17, 15) is 4.79 Å². The summed E-state index contributed by atoms with van der Waals surface area (Å²) in [6, 6.07) is 0. The maximum Gasteiger partial charge on any atom is 0.236 e. The van der Waals surface area contributed by atoms with Crippen LogP contribution in [0.2, 0.25) is 0 Å². The smallest absolute Gasteiger partial charge is 0.236 e. The van der Waals surface area contributed by atoms with E-state index in [2.05, 4.69) is 27.9 Å². The van der Waals surface area contributed by atoms with Crippen molar-refractivity contribution in [2.45, 2.75) is 23.8 Å². The van der Waals surface area contributed by atoms with Crippen LogP contribution in [0.4, 0.5) is 0 Å². The Morgan fingerprint density at radius 3 is 3.06 bits per heavy atom. The molecule has 0 aromatic rings. The average Bonchev–Trinajstić information content (AvgIpc) is 2.25. The van der Waals surface area contributed by atoms with Crippen LogP contribution < -0.4 is 0 Å². The van der Waals surface area contributed by atoms with E-state index in [-0.39, 0.29) is 16.8 Å². The summed E-state index contributed by atoms with van der Waals surface area (Å²) < 4.78 is 5.68. The minimum Gasteiger partial charge on any atom is -0.374 e. The molecule has 2 heterocycles. The molecule has 0 aromatic carbocycles. The van der Waals surface area contributed by atoms with Crippen LogP contribution >= 0.6 is 15.9 Å². The molecule has 0 saturated carbocycles. The van der Waals surface area contributed by atoms with Crippen LogP contribution in [-0.4, -0.2) is 66.5 Å². The molecule has 16 heavy (non-hydrogen) atoms. The molecule has 0 spiro atoms. The number of likely N-dealkylation sites (N-methyl/N-ethyl adjacent to an activating group) is 1. The number of piperidine rings is 1.